The van der Waals surface area contributed by atoms with E-state index in [4.69, 9.17) is 0 Å². The molecule has 2 atom stereocenters. The second-order valence-electron chi connectivity index (χ2n) is 4.90. The van der Waals surface area contributed by atoms with Gasteiger partial charge in [0.2, 0.25) is 0 Å². The van der Waals surface area contributed by atoms with Gasteiger partial charge in [-0.05, 0) is 44.1 Å². The average molecular weight is 192 g/mol. The summed E-state index contributed by atoms with van der Waals surface area (Å²) in [5.74, 6) is 1.46. The van der Waals surface area contributed by atoms with Crippen LogP contribution in [0.3, 0.4) is 0 Å². The van der Waals surface area contributed by atoms with Crippen LogP contribution in [0.5, 0.6) is 0 Å². The average Bonchev–Trinajstić information content (AvgIpc) is 2.95. The topological polar surface area (TPSA) is 35.8 Å². The summed E-state index contributed by atoms with van der Waals surface area (Å²) in [5, 5.41) is 12.9. The van der Waals surface area contributed by atoms with Gasteiger partial charge >= 0.3 is 0 Å². The third kappa shape index (κ3) is 1.79. The van der Waals surface area contributed by atoms with Gasteiger partial charge in [-0.1, -0.05) is 19.8 Å². The molecule has 0 saturated heterocycles. The molecule has 2 rings (SSSR count). The minimum Gasteiger partial charge on any atom is -0.299 e. The van der Waals surface area contributed by atoms with Gasteiger partial charge in [0, 0.05) is 0 Å². The lowest BCUT2D eigenvalue weighted by Gasteiger charge is -2.29. The Kier molecular flexibility index (Phi) is 2.78. The van der Waals surface area contributed by atoms with Crippen LogP contribution < -0.4 is 5.32 Å². The van der Waals surface area contributed by atoms with E-state index >= 15 is 0 Å². The van der Waals surface area contributed by atoms with Crippen molar-refractivity contribution in [3.63, 3.8) is 0 Å². The van der Waals surface area contributed by atoms with Crippen molar-refractivity contribution >= 4 is 0 Å². The molecule has 0 aromatic rings. The minimum absolute atomic E-state index is 0.169. The van der Waals surface area contributed by atoms with E-state index < -0.39 is 0 Å². The summed E-state index contributed by atoms with van der Waals surface area (Å²) in [5.41, 5.74) is -0.169. The van der Waals surface area contributed by atoms with Gasteiger partial charge in [-0.3, -0.25) is 5.32 Å². The standard InChI is InChI=1S/C12H20N2/c1-2-11-4-3-7-12(11,9-13)14-8-10-5-6-10/h10-11,14H,2-8H2,1H3. The summed E-state index contributed by atoms with van der Waals surface area (Å²) in [6.45, 7) is 3.28. The van der Waals surface area contributed by atoms with Crippen molar-refractivity contribution in [3.05, 3.63) is 0 Å². The Balaban J connectivity index is 1.96. The van der Waals surface area contributed by atoms with Crippen LogP contribution in [0.1, 0.15) is 45.4 Å². The molecule has 78 valence electrons. The first-order chi connectivity index (χ1) is 6.80. The van der Waals surface area contributed by atoms with E-state index in [0.717, 1.165) is 25.3 Å². The Bertz CT molecular complexity index is 239. The summed E-state index contributed by atoms with van der Waals surface area (Å²) in [7, 11) is 0. The molecule has 0 aromatic heterocycles. The fourth-order valence-corrected chi connectivity index (χ4v) is 2.70. The van der Waals surface area contributed by atoms with Crippen molar-refractivity contribution in [2.45, 2.75) is 51.0 Å². The second-order valence-corrected chi connectivity index (χ2v) is 4.90. The van der Waals surface area contributed by atoms with Crippen LogP contribution in [-0.2, 0) is 0 Å². The van der Waals surface area contributed by atoms with Crippen molar-refractivity contribution in [2.24, 2.45) is 11.8 Å². The number of hydrogen-bond acceptors (Lipinski definition) is 2. The molecule has 0 aliphatic heterocycles. The quantitative estimate of drug-likeness (QED) is 0.742. The van der Waals surface area contributed by atoms with Crippen molar-refractivity contribution < 1.29 is 0 Å². The molecule has 1 N–H and O–H groups in total. The van der Waals surface area contributed by atoms with Gasteiger partial charge in [0.25, 0.3) is 0 Å². The lowest BCUT2D eigenvalue weighted by molar-refractivity contribution is 0.305. The maximum atomic E-state index is 9.34. The number of nitriles is 1. The second kappa shape index (κ2) is 3.90. The van der Waals surface area contributed by atoms with E-state index in [-0.39, 0.29) is 5.54 Å². The Morgan fingerprint density at radius 2 is 2.21 bits per heavy atom. The van der Waals surface area contributed by atoms with Crippen LogP contribution >= 0.6 is 0 Å². The van der Waals surface area contributed by atoms with Crippen molar-refractivity contribution in [2.75, 3.05) is 6.54 Å². The SMILES string of the molecule is CCC1CCCC1(C#N)NCC1CC1. The summed E-state index contributed by atoms with van der Waals surface area (Å²) in [6.07, 6.45) is 7.40. The van der Waals surface area contributed by atoms with E-state index in [9.17, 15) is 5.26 Å². The van der Waals surface area contributed by atoms with Crippen LogP contribution in [0.2, 0.25) is 0 Å². The number of nitrogens with one attached hydrogen (secondary N) is 1. The zero-order valence-corrected chi connectivity index (χ0v) is 9.05. The number of hydrogen-bond donors (Lipinski definition) is 1. The molecule has 0 amide bonds. The fraction of sp³-hybridized carbons (Fsp3) is 0.917. The Hall–Kier alpha value is -0.550. The molecular formula is C12H20N2. The highest BCUT2D eigenvalue weighted by molar-refractivity contribution is 5.14. The Labute approximate surface area is 86.7 Å². The summed E-state index contributed by atoms with van der Waals surface area (Å²) in [4.78, 5) is 0. The molecule has 0 heterocycles. The van der Waals surface area contributed by atoms with Crippen LogP contribution in [0.15, 0.2) is 0 Å². The van der Waals surface area contributed by atoms with Crippen LogP contribution in [-0.4, -0.2) is 12.1 Å². The van der Waals surface area contributed by atoms with Gasteiger partial charge in [0.05, 0.1) is 6.07 Å². The fourth-order valence-electron chi connectivity index (χ4n) is 2.70. The molecule has 0 aromatic carbocycles. The highest BCUT2D eigenvalue weighted by atomic mass is 15.0. The zero-order valence-electron chi connectivity index (χ0n) is 9.05. The predicted molar refractivity (Wildman–Crippen MR) is 56.7 cm³/mol. The molecular weight excluding hydrogens is 172 g/mol. The van der Waals surface area contributed by atoms with Crippen LogP contribution in [0.4, 0.5) is 0 Å². The predicted octanol–water partition coefficient (Wildman–Crippen LogP) is 2.46. The highest BCUT2D eigenvalue weighted by Crippen LogP contribution is 2.38. The van der Waals surface area contributed by atoms with Crippen molar-refractivity contribution in [1.82, 2.24) is 5.32 Å². The van der Waals surface area contributed by atoms with Crippen LogP contribution in [0, 0.1) is 23.2 Å². The first-order valence-corrected chi connectivity index (χ1v) is 5.97. The van der Waals surface area contributed by atoms with E-state index in [1.807, 2.05) is 0 Å². The summed E-state index contributed by atoms with van der Waals surface area (Å²) in [6, 6.07) is 2.55. The van der Waals surface area contributed by atoms with Gasteiger partial charge < -0.3 is 0 Å². The van der Waals surface area contributed by atoms with Gasteiger partial charge in [0.1, 0.15) is 5.54 Å². The van der Waals surface area contributed by atoms with E-state index in [0.29, 0.717) is 5.92 Å². The zero-order chi connectivity index (χ0) is 10.0. The smallest absolute Gasteiger partial charge is 0.109 e. The molecule has 2 unspecified atom stereocenters. The lowest BCUT2D eigenvalue weighted by atomic mass is 9.86. The summed E-state index contributed by atoms with van der Waals surface area (Å²) >= 11 is 0. The van der Waals surface area contributed by atoms with Crippen molar-refractivity contribution in [1.29, 1.82) is 5.26 Å². The van der Waals surface area contributed by atoms with Gasteiger partial charge in [-0.2, -0.15) is 5.26 Å². The molecule has 2 aliphatic carbocycles. The molecule has 0 bridgehead atoms. The lowest BCUT2D eigenvalue weighted by Crippen LogP contribution is -2.47. The molecule has 2 fully saturated rings. The minimum atomic E-state index is -0.169. The first-order valence-electron chi connectivity index (χ1n) is 5.97. The van der Waals surface area contributed by atoms with Gasteiger partial charge in [0.15, 0.2) is 0 Å². The van der Waals surface area contributed by atoms with Crippen molar-refractivity contribution in [3.8, 4) is 6.07 Å². The molecule has 2 aliphatic rings. The first kappa shape index (κ1) is 9.98. The largest absolute Gasteiger partial charge is 0.299 e. The number of rotatable bonds is 4. The maximum absolute atomic E-state index is 9.34. The summed E-state index contributed by atoms with van der Waals surface area (Å²) < 4.78 is 0. The highest BCUT2D eigenvalue weighted by Gasteiger charge is 2.42. The molecule has 14 heavy (non-hydrogen) atoms. The number of nitrogens with zero attached hydrogens (tertiary/aromatic N) is 1. The Morgan fingerprint density at radius 1 is 1.43 bits per heavy atom. The molecule has 2 saturated carbocycles. The monoisotopic (exact) mass is 192 g/mol. The maximum Gasteiger partial charge on any atom is 0.109 e. The molecule has 0 spiro atoms. The molecule has 0 radical (unpaired) electrons. The Morgan fingerprint density at radius 3 is 2.79 bits per heavy atom. The van der Waals surface area contributed by atoms with Gasteiger partial charge in [-0.25, -0.2) is 0 Å². The van der Waals surface area contributed by atoms with E-state index in [1.165, 1.54) is 25.7 Å². The third-order valence-electron chi connectivity index (χ3n) is 3.92. The molecule has 2 heteroatoms. The van der Waals surface area contributed by atoms with Crippen LogP contribution in [0.25, 0.3) is 0 Å². The van der Waals surface area contributed by atoms with E-state index in [2.05, 4.69) is 18.3 Å². The third-order valence-corrected chi connectivity index (χ3v) is 3.92. The van der Waals surface area contributed by atoms with E-state index in [1.54, 1.807) is 0 Å². The van der Waals surface area contributed by atoms with Gasteiger partial charge in [-0.15, -0.1) is 0 Å². The molecule has 2 nitrogen and oxygen atoms in total. The normalized spacial score (nSPS) is 37.0.